The number of fused-ring (bicyclic) bond motifs is 1. The van der Waals surface area contributed by atoms with Gasteiger partial charge in [-0.15, -0.1) is 0 Å². The average molecular weight is 472 g/mol. The van der Waals surface area contributed by atoms with E-state index in [1.54, 1.807) is 6.20 Å². The van der Waals surface area contributed by atoms with E-state index in [1.807, 2.05) is 36.4 Å². The molecule has 0 fully saturated rings. The van der Waals surface area contributed by atoms with E-state index in [9.17, 15) is 0 Å². The smallest absolute Gasteiger partial charge is 0.0746 e. The lowest BCUT2D eigenvalue weighted by molar-refractivity contribution is 1.40. The van der Waals surface area contributed by atoms with Gasteiger partial charge in [0.2, 0.25) is 0 Å². The molecule has 21 heavy (non-hydrogen) atoms. The number of nitrogens with zero attached hydrogens (tertiary/aromatic N) is 1. The molecule has 0 amide bonds. The van der Waals surface area contributed by atoms with Crippen molar-refractivity contribution in [2.75, 3.05) is 11.1 Å². The summed E-state index contributed by atoms with van der Waals surface area (Å²) in [5.74, 6) is 0. The number of para-hydroxylation sites is 1. The summed E-state index contributed by atoms with van der Waals surface area (Å²) in [5, 5.41) is 4.36. The predicted octanol–water partition coefficient (Wildman–Crippen LogP) is 5.85. The van der Waals surface area contributed by atoms with Crippen LogP contribution in [0.1, 0.15) is 0 Å². The maximum Gasteiger partial charge on any atom is 0.0746 e. The van der Waals surface area contributed by atoms with Gasteiger partial charge < -0.3 is 11.1 Å². The first-order valence-electron chi connectivity index (χ1n) is 6.11. The molecule has 1 heterocycles. The van der Waals surface area contributed by atoms with Crippen molar-refractivity contribution in [3.05, 3.63) is 56.0 Å². The van der Waals surface area contributed by atoms with Gasteiger partial charge in [-0.1, -0.05) is 22.0 Å². The third kappa shape index (κ3) is 2.93. The van der Waals surface area contributed by atoms with Crippen molar-refractivity contribution in [3.63, 3.8) is 0 Å². The summed E-state index contributed by atoms with van der Waals surface area (Å²) >= 11 is 10.6. The highest BCUT2D eigenvalue weighted by molar-refractivity contribution is 9.11. The van der Waals surface area contributed by atoms with Crippen LogP contribution in [-0.4, -0.2) is 4.98 Å². The molecule has 0 unspecified atom stereocenters. The van der Waals surface area contributed by atoms with Crippen LogP contribution in [0.5, 0.6) is 0 Å². The predicted molar refractivity (Wildman–Crippen MR) is 99.0 cm³/mol. The monoisotopic (exact) mass is 469 g/mol. The summed E-state index contributed by atoms with van der Waals surface area (Å²) in [6.45, 7) is 0. The third-order valence-electron chi connectivity index (χ3n) is 3.07. The SMILES string of the molecule is Nc1cnc2ccc(Br)cc2c1Nc1c(Br)cccc1Br. The van der Waals surface area contributed by atoms with Crippen LogP contribution in [0.3, 0.4) is 0 Å². The fourth-order valence-electron chi connectivity index (χ4n) is 2.06. The highest BCUT2D eigenvalue weighted by Gasteiger charge is 2.11. The summed E-state index contributed by atoms with van der Waals surface area (Å²) in [6.07, 6.45) is 1.67. The Hall–Kier alpha value is -1.11. The molecule has 0 saturated carbocycles. The fourth-order valence-corrected chi connectivity index (χ4v) is 3.62. The topological polar surface area (TPSA) is 50.9 Å². The second-order valence-corrected chi connectivity index (χ2v) is 7.10. The molecule has 2 aromatic carbocycles. The van der Waals surface area contributed by atoms with Gasteiger partial charge in [-0.05, 0) is 62.2 Å². The molecular weight excluding hydrogens is 462 g/mol. The van der Waals surface area contributed by atoms with Gasteiger partial charge in [-0.3, -0.25) is 4.98 Å². The second-order valence-electron chi connectivity index (χ2n) is 4.47. The first-order chi connectivity index (χ1) is 10.1. The van der Waals surface area contributed by atoms with Crippen molar-refractivity contribution in [3.8, 4) is 0 Å². The lowest BCUT2D eigenvalue weighted by Crippen LogP contribution is -2.00. The third-order valence-corrected chi connectivity index (χ3v) is 4.89. The van der Waals surface area contributed by atoms with Gasteiger partial charge in [0.25, 0.3) is 0 Å². The largest absolute Gasteiger partial charge is 0.396 e. The Morgan fingerprint density at radius 1 is 0.952 bits per heavy atom. The van der Waals surface area contributed by atoms with E-state index < -0.39 is 0 Å². The summed E-state index contributed by atoms with van der Waals surface area (Å²) in [6, 6.07) is 11.8. The number of hydrogen-bond donors (Lipinski definition) is 2. The first kappa shape index (κ1) is 14.8. The van der Waals surface area contributed by atoms with Crippen LogP contribution in [0.25, 0.3) is 10.9 Å². The molecule has 106 valence electrons. The molecule has 0 bridgehead atoms. The van der Waals surface area contributed by atoms with Crippen molar-refractivity contribution < 1.29 is 0 Å². The minimum absolute atomic E-state index is 0.600. The van der Waals surface area contributed by atoms with Gasteiger partial charge >= 0.3 is 0 Å². The lowest BCUT2D eigenvalue weighted by Gasteiger charge is -2.15. The number of benzene rings is 2. The Labute approximate surface area is 147 Å². The van der Waals surface area contributed by atoms with Crippen LogP contribution in [0.15, 0.2) is 56.0 Å². The Bertz CT molecular complexity index is 808. The van der Waals surface area contributed by atoms with E-state index in [1.165, 1.54) is 0 Å². The first-order valence-corrected chi connectivity index (χ1v) is 8.49. The van der Waals surface area contributed by atoms with Crippen LogP contribution in [-0.2, 0) is 0 Å². The number of anilines is 3. The van der Waals surface area contributed by atoms with Crippen LogP contribution >= 0.6 is 47.8 Å². The maximum absolute atomic E-state index is 6.11. The summed E-state index contributed by atoms with van der Waals surface area (Å²) in [5.41, 5.74) is 9.37. The van der Waals surface area contributed by atoms with Gasteiger partial charge in [-0.25, -0.2) is 0 Å². The number of halogens is 3. The quantitative estimate of drug-likeness (QED) is 0.493. The number of nitrogens with two attached hydrogens (primary N) is 1. The zero-order valence-corrected chi connectivity index (χ0v) is 15.5. The normalized spacial score (nSPS) is 10.8. The van der Waals surface area contributed by atoms with Crippen molar-refractivity contribution >= 4 is 75.8 Å². The fraction of sp³-hybridized carbons (Fsp3) is 0. The molecule has 0 radical (unpaired) electrons. The Morgan fingerprint density at radius 3 is 2.38 bits per heavy atom. The van der Waals surface area contributed by atoms with Crippen LogP contribution in [0.2, 0.25) is 0 Å². The van der Waals surface area contributed by atoms with E-state index in [2.05, 4.69) is 58.1 Å². The molecule has 6 heteroatoms. The van der Waals surface area contributed by atoms with Crippen molar-refractivity contribution in [2.24, 2.45) is 0 Å². The van der Waals surface area contributed by atoms with Crippen molar-refractivity contribution in [1.82, 2.24) is 4.98 Å². The summed E-state index contributed by atoms with van der Waals surface area (Å²) in [7, 11) is 0. The van der Waals surface area contributed by atoms with E-state index in [0.717, 1.165) is 35.7 Å². The number of nitrogens with one attached hydrogen (secondary N) is 1. The average Bonchev–Trinajstić information content (AvgIpc) is 2.45. The standard InChI is InChI=1S/C15H10Br3N3/c16-8-4-5-13-9(6-8)14(12(19)7-20-13)21-15-10(17)2-1-3-11(15)18/h1-7H,19H2,(H,20,21). The van der Waals surface area contributed by atoms with E-state index >= 15 is 0 Å². The van der Waals surface area contributed by atoms with Crippen LogP contribution in [0.4, 0.5) is 17.1 Å². The molecule has 0 aliphatic heterocycles. The lowest BCUT2D eigenvalue weighted by atomic mass is 10.1. The van der Waals surface area contributed by atoms with Crippen LogP contribution in [0, 0.1) is 0 Å². The Kier molecular flexibility index (Phi) is 4.19. The molecule has 0 spiro atoms. The number of rotatable bonds is 2. The van der Waals surface area contributed by atoms with Gasteiger partial charge in [0.1, 0.15) is 0 Å². The van der Waals surface area contributed by atoms with Crippen LogP contribution < -0.4 is 11.1 Å². The summed E-state index contributed by atoms with van der Waals surface area (Å²) in [4.78, 5) is 4.36. The molecule has 3 aromatic rings. The van der Waals surface area contributed by atoms with E-state index in [4.69, 9.17) is 5.73 Å². The molecular formula is C15H10Br3N3. The Morgan fingerprint density at radius 2 is 1.67 bits per heavy atom. The highest BCUT2D eigenvalue weighted by atomic mass is 79.9. The molecule has 0 atom stereocenters. The molecule has 0 aliphatic carbocycles. The number of hydrogen-bond acceptors (Lipinski definition) is 3. The van der Waals surface area contributed by atoms with Crippen molar-refractivity contribution in [2.45, 2.75) is 0 Å². The van der Waals surface area contributed by atoms with E-state index in [-0.39, 0.29) is 0 Å². The maximum atomic E-state index is 6.11. The molecule has 0 saturated heterocycles. The summed E-state index contributed by atoms with van der Waals surface area (Å²) < 4.78 is 2.89. The van der Waals surface area contributed by atoms with E-state index in [0.29, 0.717) is 5.69 Å². The van der Waals surface area contributed by atoms with Gasteiger partial charge in [0, 0.05) is 18.8 Å². The Balaban J connectivity index is 2.20. The number of pyridine rings is 1. The zero-order valence-electron chi connectivity index (χ0n) is 10.7. The minimum Gasteiger partial charge on any atom is -0.396 e. The molecule has 3 rings (SSSR count). The number of aromatic nitrogens is 1. The van der Waals surface area contributed by atoms with Crippen molar-refractivity contribution in [1.29, 1.82) is 0 Å². The molecule has 3 N–H and O–H groups in total. The number of nitrogen functional groups attached to an aromatic ring is 1. The highest BCUT2D eigenvalue weighted by Crippen LogP contribution is 2.38. The second kappa shape index (κ2) is 5.94. The molecule has 1 aromatic heterocycles. The van der Waals surface area contributed by atoms with Gasteiger partial charge in [0.05, 0.1) is 28.8 Å². The minimum atomic E-state index is 0.600. The van der Waals surface area contributed by atoms with Gasteiger partial charge in [-0.2, -0.15) is 0 Å². The molecule has 0 aliphatic rings. The zero-order chi connectivity index (χ0) is 15.0. The molecule has 3 nitrogen and oxygen atoms in total. The van der Waals surface area contributed by atoms with Gasteiger partial charge in [0.15, 0.2) is 0 Å².